The van der Waals surface area contributed by atoms with Crippen LogP contribution in [0.1, 0.15) is 99.3 Å². The number of rotatable bonds is 9. The van der Waals surface area contributed by atoms with E-state index < -0.39 is 11.9 Å². The molecule has 0 aliphatic heterocycles. The average Bonchev–Trinajstić information content (AvgIpc) is 3.03. The van der Waals surface area contributed by atoms with Gasteiger partial charge in [0.05, 0.1) is 0 Å². The van der Waals surface area contributed by atoms with Crippen LogP contribution >= 0.6 is 0 Å². The molecular weight excluding hydrogens is 424 g/mol. The molecule has 3 rings (SSSR count). The molecule has 3 aliphatic carbocycles. The smallest absolute Gasteiger partial charge is 0.330 e. The summed E-state index contributed by atoms with van der Waals surface area (Å²) in [7, 11) is 0. The molecule has 0 bridgehead atoms. The SMILES string of the molecule is C=C(C)[C@@H]1CC[C@@H]2C(=CC[C@]3(C)C([C@H](C)CCC=C(C)C(=O)O)CC[C@@]23C)[C@@]1(C)CCC(=O)O. The minimum atomic E-state index is -0.825. The van der Waals surface area contributed by atoms with E-state index in [1.165, 1.54) is 30.4 Å². The van der Waals surface area contributed by atoms with Gasteiger partial charge in [0.2, 0.25) is 0 Å². The molecule has 1 unspecified atom stereocenters. The Balaban J connectivity index is 1.89. The van der Waals surface area contributed by atoms with Gasteiger partial charge in [-0.3, -0.25) is 4.79 Å². The van der Waals surface area contributed by atoms with Crippen LogP contribution in [0.25, 0.3) is 0 Å². The van der Waals surface area contributed by atoms with Crippen molar-refractivity contribution < 1.29 is 19.8 Å². The Bertz CT molecular complexity index is 897. The first kappa shape index (κ1) is 26.8. The van der Waals surface area contributed by atoms with Crippen LogP contribution < -0.4 is 0 Å². The van der Waals surface area contributed by atoms with Crippen molar-refractivity contribution in [3.63, 3.8) is 0 Å². The second-order valence-electron chi connectivity index (χ2n) is 12.4. The number of allylic oxidation sites excluding steroid dienone is 4. The lowest BCUT2D eigenvalue weighted by atomic mass is 9.44. The molecule has 0 spiro atoms. The first-order chi connectivity index (χ1) is 15.8. The van der Waals surface area contributed by atoms with Gasteiger partial charge in [0, 0.05) is 12.0 Å². The number of hydrogen-bond acceptors (Lipinski definition) is 2. The van der Waals surface area contributed by atoms with Gasteiger partial charge in [-0.1, -0.05) is 57.6 Å². The van der Waals surface area contributed by atoms with Crippen LogP contribution in [0.15, 0.2) is 35.5 Å². The Morgan fingerprint density at radius 1 is 1.15 bits per heavy atom. The minimum Gasteiger partial charge on any atom is -0.481 e. The number of fused-ring (bicyclic) bond motifs is 3. The van der Waals surface area contributed by atoms with Crippen LogP contribution in [0.4, 0.5) is 0 Å². The van der Waals surface area contributed by atoms with Crippen molar-refractivity contribution >= 4 is 11.9 Å². The molecule has 34 heavy (non-hydrogen) atoms. The fourth-order valence-corrected chi connectivity index (χ4v) is 8.44. The summed E-state index contributed by atoms with van der Waals surface area (Å²) >= 11 is 0. The maximum absolute atomic E-state index is 11.5. The zero-order valence-electron chi connectivity index (χ0n) is 22.2. The van der Waals surface area contributed by atoms with E-state index in [0.29, 0.717) is 35.7 Å². The van der Waals surface area contributed by atoms with Crippen LogP contribution in [0.3, 0.4) is 0 Å². The first-order valence-electron chi connectivity index (χ1n) is 13.3. The molecule has 0 aromatic rings. The van der Waals surface area contributed by atoms with E-state index in [-0.39, 0.29) is 22.7 Å². The molecule has 2 fully saturated rings. The number of aliphatic carboxylic acids is 2. The molecule has 190 valence electrons. The third kappa shape index (κ3) is 4.42. The van der Waals surface area contributed by atoms with Crippen molar-refractivity contribution in [2.24, 2.45) is 39.9 Å². The van der Waals surface area contributed by atoms with E-state index in [1.54, 1.807) is 6.92 Å². The Hall–Kier alpha value is -1.84. The number of hydrogen-bond donors (Lipinski definition) is 2. The van der Waals surface area contributed by atoms with Crippen LogP contribution in [0.2, 0.25) is 0 Å². The maximum atomic E-state index is 11.5. The molecule has 3 aliphatic rings. The Morgan fingerprint density at radius 3 is 2.41 bits per heavy atom. The highest BCUT2D eigenvalue weighted by Gasteiger charge is 2.63. The standard InChI is InChI=1S/C30H46O4/c1-19(2)22-11-12-25-24(28(22,5)16-15-26(31)32)14-18-29(6)23(13-17-30(25,29)7)20(3)9-8-10-21(4)27(33)34/h10,14,20,22-23,25H,1,8-9,11-13,15-18H2,2-7H3,(H,31,32)(H,33,34)/t20-,22+,23?,25-,28+,29-,30+/m1/s1. The van der Waals surface area contributed by atoms with Gasteiger partial charge in [-0.05, 0) is 105 Å². The lowest BCUT2D eigenvalue weighted by Gasteiger charge is -2.60. The average molecular weight is 471 g/mol. The maximum Gasteiger partial charge on any atom is 0.330 e. The number of carboxylic acid groups (broad SMARTS) is 2. The van der Waals surface area contributed by atoms with Crippen molar-refractivity contribution in [2.75, 3.05) is 0 Å². The van der Waals surface area contributed by atoms with Gasteiger partial charge in [0.1, 0.15) is 0 Å². The third-order valence-corrected chi connectivity index (χ3v) is 10.7. The van der Waals surface area contributed by atoms with Gasteiger partial charge in [0.15, 0.2) is 0 Å². The van der Waals surface area contributed by atoms with E-state index in [4.69, 9.17) is 5.11 Å². The van der Waals surface area contributed by atoms with Crippen molar-refractivity contribution in [3.05, 3.63) is 35.5 Å². The van der Waals surface area contributed by atoms with Crippen LogP contribution in [0, 0.1) is 39.9 Å². The highest BCUT2D eigenvalue weighted by Crippen LogP contribution is 2.71. The lowest BCUT2D eigenvalue weighted by Crippen LogP contribution is -2.52. The Kier molecular flexibility index (Phi) is 7.60. The lowest BCUT2D eigenvalue weighted by molar-refractivity contribution is -0.138. The summed E-state index contributed by atoms with van der Waals surface area (Å²) in [4.78, 5) is 22.7. The van der Waals surface area contributed by atoms with Gasteiger partial charge in [-0.25, -0.2) is 4.79 Å². The van der Waals surface area contributed by atoms with Crippen molar-refractivity contribution in [1.82, 2.24) is 0 Å². The van der Waals surface area contributed by atoms with Gasteiger partial charge in [-0.15, -0.1) is 0 Å². The Morgan fingerprint density at radius 2 is 1.82 bits per heavy atom. The fraction of sp³-hybridized carbons (Fsp3) is 0.733. The second kappa shape index (κ2) is 9.66. The zero-order chi connectivity index (χ0) is 25.5. The van der Waals surface area contributed by atoms with Crippen molar-refractivity contribution in [1.29, 1.82) is 0 Å². The largest absolute Gasteiger partial charge is 0.481 e. The molecule has 4 heteroatoms. The third-order valence-electron chi connectivity index (χ3n) is 10.7. The summed E-state index contributed by atoms with van der Waals surface area (Å²) in [5.74, 6) is 0.491. The van der Waals surface area contributed by atoms with Crippen molar-refractivity contribution in [3.8, 4) is 0 Å². The van der Waals surface area contributed by atoms with E-state index in [9.17, 15) is 14.7 Å². The Labute approximate surface area is 206 Å². The van der Waals surface area contributed by atoms with E-state index in [0.717, 1.165) is 25.7 Å². The summed E-state index contributed by atoms with van der Waals surface area (Å²) in [6.07, 6.45) is 12.9. The van der Waals surface area contributed by atoms with Gasteiger partial charge in [0.25, 0.3) is 0 Å². The molecule has 0 radical (unpaired) electrons. The normalized spacial score (nSPS) is 38.5. The summed E-state index contributed by atoms with van der Waals surface area (Å²) in [5, 5.41) is 18.6. The molecule has 2 saturated carbocycles. The molecule has 2 N–H and O–H groups in total. The highest BCUT2D eigenvalue weighted by atomic mass is 16.4. The van der Waals surface area contributed by atoms with Crippen LogP contribution in [-0.2, 0) is 9.59 Å². The van der Waals surface area contributed by atoms with E-state index >= 15 is 0 Å². The van der Waals surface area contributed by atoms with Crippen LogP contribution in [-0.4, -0.2) is 22.2 Å². The summed E-state index contributed by atoms with van der Waals surface area (Å²) in [6, 6.07) is 0. The predicted molar refractivity (Wildman–Crippen MR) is 137 cm³/mol. The van der Waals surface area contributed by atoms with E-state index in [1.807, 2.05) is 6.08 Å². The predicted octanol–water partition coefficient (Wildman–Crippen LogP) is 7.66. The number of carboxylic acids is 2. The molecule has 0 amide bonds. The molecule has 4 nitrogen and oxygen atoms in total. The zero-order valence-corrected chi connectivity index (χ0v) is 22.2. The monoisotopic (exact) mass is 470 g/mol. The van der Waals surface area contributed by atoms with Crippen LogP contribution in [0.5, 0.6) is 0 Å². The van der Waals surface area contributed by atoms with Gasteiger partial charge >= 0.3 is 11.9 Å². The summed E-state index contributed by atoms with van der Waals surface area (Å²) in [6.45, 7) is 17.8. The number of carbonyl (C=O) groups is 2. The summed E-state index contributed by atoms with van der Waals surface area (Å²) in [5.41, 5.74) is 3.45. The topological polar surface area (TPSA) is 74.6 Å². The first-order valence-corrected chi connectivity index (χ1v) is 13.3. The molecule has 7 atom stereocenters. The summed E-state index contributed by atoms with van der Waals surface area (Å²) < 4.78 is 0. The fourth-order valence-electron chi connectivity index (χ4n) is 8.44. The highest BCUT2D eigenvalue weighted by molar-refractivity contribution is 5.85. The quantitative estimate of drug-likeness (QED) is 0.268. The molecule has 0 saturated heterocycles. The molecule has 0 heterocycles. The molecule has 0 aromatic carbocycles. The minimum absolute atomic E-state index is 0.125. The molecule has 0 aromatic heterocycles. The van der Waals surface area contributed by atoms with E-state index in [2.05, 4.69) is 47.3 Å². The molecular formula is C30H46O4. The van der Waals surface area contributed by atoms with Crippen molar-refractivity contribution in [2.45, 2.75) is 99.3 Å². The van der Waals surface area contributed by atoms with Gasteiger partial charge < -0.3 is 10.2 Å². The second-order valence-corrected chi connectivity index (χ2v) is 12.4. The van der Waals surface area contributed by atoms with Gasteiger partial charge in [-0.2, -0.15) is 0 Å².